The van der Waals surface area contributed by atoms with Crippen LogP contribution < -0.4 is 23.4 Å². The number of carbonyl (C=O) groups excluding carboxylic acids is 2. The Labute approximate surface area is 202 Å². The van der Waals surface area contributed by atoms with Crippen LogP contribution in [0.4, 0.5) is 11.4 Å². The fourth-order valence-corrected chi connectivity index (χ4v) is 3.16. The van der Waals surface area contributed by atoms with Crippen LogP contribution in [-0.4, -0.2) is 45.2 Å². The standard InChI is InChI=1S/C22H25Cl2N3O6/c1-6-32-18-12-19(33-7-2)16(11-15(18)23)25-26-21(13(3)28)22(29)27(24)14-8-9-17(30-4)20(10-14)31-5/h8-12,21H,6-7H2,1-5H3. The first-order valence-corrected chi connectivity index (χ1v) is 10.7. The Balaban J connectivity index is 2.36. The summed E-state index contributed by atoms with van der Waals surface area (Å²) in [4.78, 5) is 25.1. The van der Waals surface area contributed by atoms with Crippen molar-refractivity contribution >= 4 is 46.4 Å². The van der Waals surface area contributed by atoms with Crippen molar-refractivity contribution in [2.45, 2.75) is 26.8 Å². The first kappa shape index (κ1) is 26.2. The van der Waals surface area contributed by atoms with Crippen LogP contribution in [0.1, 0.15) is 20.8 Å². The molecule has 1 amide bonds. The van der Waals surface area contributed by atoms with E-state index in [1.807, 2.05) is 6.92 Å². The molecule has 0 saturated carbocycles. The number of carbonyl (C=O) groups is 2. The number of azo groups is 1. The molecule has 11 heteroatoms. The first-order valence-electron chi connectivity index (χ1n) is 9.99. The van der Waals surface area contributed by atoms with E-state index in [0.717, 1.165) is 4.42 Å². The van der Waals surface area contributed by atoms with Gasteiger partial charge in [0.1, 0.15) is 11.4 Å². The van der Waals surface area contributed by atoms with E-state index in [4.69, 9.17) is 42.3 Å². The van der Waals surface area contributed by atoms with Gasteiger partial charge in [-0.2, -0.15) is 10.2 Å². The van der Waals surface area contributed by atoms with Crippen LogP contribution >= 0.6 is 23.4 Å². The minimum Gasteiger partial charge on any atom is -0.493 e. The number of hydrogen-bond acceptors (Lipinski definition) is 8. The lowest BCUT2D eigenvalue weighted by Gasteiger charge is -2.18. The fraction of sp³-hybridized carbons (Fsp3) is 0.364. The summed E-state index contributed by atoms with van der Waals surface area (Å²) < 4.78 is 22.2. The lowest BCUT2D eigenvalue weighted by Crippen LogP contribution is -2.36. The second kappa shape index (κ2) is 12.3. The molecule has 33 heavy (non-hydrogen) atoms. The molecule has 178 valence electrons. The topological polar surface area (TPSA) is 99.0 Å². The van der Waals surface area contributed by atoms with Gasteiger partial charge in [-0.25, -0.2) is 4.42 Å². The zero-order chi connectivity index (χ0) is 24.5. The van der Waals surface area contributed by atoms with Crippen LogP contribution in [0.2, 0.25) is 5.02 Å². The zero-order valence-electron chi connectivity index (χ0n) is 18.9. The van der Waals surface area contributed by atoms with Crippen LogP contribution in [0, 0.1) is 0 Å². The Morgan fingerprint density at radius 2 is 1.61 bits per heavy atom. The van der Waals surface area contributed by atoms with Crippen molar-refractivity contribution in [1.29, 1.82) is 0 Å². The SMILES string of the molecule is CCOc1cc(OCC)c(N=NC(C(C)=O)C(=O)N(Cl)c2ccc(OC)c(OC)c2)cc1Cl. The Bertz CT molecular complexity index is 1030. The first-order chi connectivity index (χ1) is 15.8. The van der Waals surface area contributed by atoms with Gasteiger partial charge in [0.2, 0.25) is 6.04 Å². The van der Waals surface area contributed by atoms with Gasteiger partial charge in [-0.15, -0.1) is 0 Å². The lowest BCUT2D eigenvalue weighted by atomic mass is 10.2. The number of nitrogens with zero attached hydrogens (tertiary/aromatic N) is 3. The molecule has 2 aromatic rings. The summed E-state index contributed by atoms with van der Waals surface area (Å²) in [6.07, 6.45) is 0. The maximum absolute atomic E-state index is 12.9. The van der Waals surface area contributed by atoms with Crippen LogP contribution in [0.5, 0.6) is 23.0 Å². The molecule has 1 unspecified atom stereocenters. The minimum absolute atomic E-state index is 0.233. The maximum Gasteiger partial charge on any atom is 0.276 e. The van der Waals surface area contributed by atoms with E-state index in [0.29, 0.717) is 36.2 Å². The van der Waals surface area contributed by atoms with Crippen molar-refractivity contribution in [2.24, 2.45) is 10.2 Å². The smallest absolute Gasteiger partial charge is 0.276 e. The van der Waals surface area contributed by atoms with Crippen molar-refractivity contribution in [3.63, 3.8) is 0 Å². The van der Waals surface area contributed by atoms with Crippen LogP contribution in [0.25, 0.3) is 0 Å². The van der Waals surface area contributed by atoms with Crippen molar-refractivity contribution < 1.29 is 28.5 Å². The summed E-state index contributed by atoms with van der Waals surface area (Å²) in [5.74, 6) is 0.227. The number of ketones is 1. The fourth-order valence-electron chi connectivity index (χ4n) is 2.75. The highest BCUT2D eigenvalue weighted by atomic mass is 35.5. The van der Waals surface area contributed by atoms with Crippen LogP contribution in [0.3, 0.4) is 0 Å². The Hall–Kier alpha value is -3.04. The van der Waals surface area contributed by atoms with E-state index in [2.05, 4.69) is 10.2 Å². The number of ether oxygens (including phenoxy) is 4. The maximum atomic E-state index is 12.9. The Morgan fingerprint density at radius 1 is 0.970 bits per heavy atom. The van der Waals surface area contributed by atoms with Gasteiger partial charge in [0, 0.05) is 23.9 Å². The van der Waals surface area contributed by atoms with Crippen molar-refractivity contribution in [3.8, 4) is 23.0 Å². The predicted molar refractivity (Wildman–Crippen MR) is 126 cm³/mol. The molecule has 2 aromatic carbocycles. The molecule has 0 aliphatic rings. The second-order valence-corrected chi connectivity index (χ2v) is 7.25. The van der Waals surface area contributed by atoms with E-state index < -0.39 is 17.7 Å². The number of halogens is 2. The molecule has 0 aliphatic heterocycles. The van der Waals surface area contributed by atoms with Gasteiger partial charge in [-0.3, -0.25) is 9.59 Å². The normalized spacial score (nSPS) is 11.7. The van der Waals surface area contributed by atoms with Gasteiger partial charge >= 0.3 is 0 Å². The summed E-state index contributed by atoms with van der Waals surface area (Å²) in [5, 5.41) is 8.28. The largest absolute Gasteiger partial charge is 0.493 e. The highest BCUT2D eigenvalue weighted by Gasteiger charge is 2.29. The molecule has 0 saturated heterocycles. The summed E-state index contributed by atoms with van der Waals surface area (Å²) in [6, 6.07) is 6.19. The molecule has 0 fully saturated rings. The molecule has 2 rings (SSSR count). The molecule has 0 N–H and O–H groups in total. The summed E-state index contributed by atoms with van der Waals surface area (Å²) in [6.45, 7) is 5.60. The minimum atomic E-state index is -1.49. The Kier molecular flexibility index (Phi) is 9.74. The van der Waals surface area contributed by atoms with E-state index in [9.17, 15) is 9.59 Å². The number of rotatable bonds is 11. The average Bonchev–Trinajstić information content (AvgIpc) is 2.80. The molecule has 9 nitrogen and oxygen atoms in total. The second-order valence-electron chi connectivity index (χ2n) is 6.50. The molecular weight excluding hydrogens is 473 g/mol. The molecule has 0 aliphatic carbocycles. The average molecular weight is 498 g/mol. The van der Waals surface area contributed by atoms with Crippen LogP contribution in [0.15, 0.2) is 40.6 Å². The zero-order valence-corrected chi connectivity index (χ0v) is 20.4. The number of anilines is 1. The number of amides is 1. The van der Waals surface area contributed by atoms with Gasteiger partial charge < -0.3 is 18.9 Å². The third kappa shape index (κ3) is 6.49. The number of hydrogen-bond donors (Lipinski definition) is 0. The molecule has 0 aromatic heterocycles. The van der Waals surface area contributed by atoms with Crippen molar-refractivity contribution in [2.75, 3.05) is 31.9 Å². The van der Waals surface area contributed by atoms with Crippen LogP contribution in [-0.2, 0) is 9.59 Å². The number of methoxy groups -OCH3 is 2. The molecule has 0 heterocycles. The number of benzene rings is 2. The molecule has 0 bridgehead atoms. The van der Waals surface area contributed by atoms with E-state index in [1.54, 1.807) is 25.1 Å². The van der Waals surface area contributed by atoms with Crippen molar-refractivity contribution in [3.05, 3.63) is 35.4 Å². The molecule has 1 atom stereocenters. The summed E-state index contributed by atoms with van der Waals surface area (Å²) in [5.41, 5.74) is 0.497. The van der Waals surface area contributed by atoms with Gasteiger partial charge in [0.25, 0.3) is 5.91 Å². The predicted octanol–water partition coefficient (Wildman–Crippen LogP) is 5.38. The van der Waals surface area contributed by atoms with Gasteiger partial charge in [0.15, 0.2) is 23.0 Å². The monoisotopic (exact) mass is 497 g/mol. The highest BCUT2D eigenvalue weighted by Crippen LogP contribution is 2.38. The van der Waals surface area contributed by atoms with Gasteiger partial charge in [-0.05, 0) is 39.0 Å². The van der Waals surface area contributed by atoms with E-state index in [-0.39, 0.29) is 16.4 Å². The molecule has 0 radical (unpaired) electrons. The Morgan fingerprint density at radius 3 is 2.18 bits per heavy atom. The third-order valence-electron chi connectivity index (χ3n) is 4.30. The van der Waals surface area contributed by atoms with Crippen molar-refractivity contribution in [1.82, 2.24) is 0 Å². The van der Waals surface area contributed by atoms with E-state index in [1.165, 1.54) is 33.3 Å². The molecular formula is C22H25Cl2N3O6. The number of Topliss-reactive ketones (excluding diaryl/α,β-unsaturated/α-hetero) is 1. The quantitative estimate of drug-likeness (QED) is 0.234. The summed E-state index contributed by atoms with van der Waals surface area (Å²) >= 11 is 12.5. The van der Waals surface area contributed by atoms with Gasteiger partial charge in [0.05, 0.1) is 38.1 Å². The van der Waals surface area contributed by atoms with E-state index >= 15 is 0 Å². The highest BCUT2D eigenvalue weighted by molar-refractivity contribution is 6.39. The summed E-state index contributed by atoms with van der Waals surface area (Å²) in [7, 11) is 2.93. The third-order valence-corrected chi connectivity index (χ3v) is 4.96. The lowest BCUT2D eigenvalue weighted by molar-refractivity contribution is -0.126. The van der Waals surface area contributed by atoms with Gasteiger partial charge in [-0.1, -0.05) is 11.6 Å². The molecule has 0 spiro atoms.